The van der Waals surface area contributed by atoms with Crippen LogP contribution in [0.25, 0.3) is 0 Å². The molecule has 1 atom stereocenters. The van der Waals surface area contributed by atoms with E-state index in [2.05, 4.69) is 10.6 Å². The van der Waals surface area contributed by atoms with E-state index in [4.69, 9.17) is 16.3 Å². The zero-order valence-corrected chi connectivity index (χ0v) is 18.0. The van der Waals surface area contributed by atoms with Crippen LogP contribution in [0, 0.1) is 5.82 Å². The summed E-state index contributed by atoms with van der Waals surface area (Å²) in [6.45, 7) is 0.309. The first-order valence-electron chi connectivity index (χ1n) is 9.47. The lowest BCUT2D eigenvalue weighted by molar-refractivity contribution is -0.140. The number of carbonyl (C=O) groups excluding carboxylic acids is 2. The van der Waals surface area contributed by atoms with Crippen molar-refractivity contribution in [3.8, 4) is 0 Å². The van der Waals surface area contributed by atoms with Crippen LogP contribution in [0.5, 0.6) is 0 Å². The average Bonchev–Trinajstić information content (AvgIpc) is 2.77. The van der Waals surface area contributed by atoms with Gasteiger partial charge in [-0.3, -0.25) is 9.59 Å². The zero-order chi connectivity index (χ0) is 22.4. The fourth-order valence-electron chi connectivity index (χ4n) is 3.00. The van der Waals surface area contributed by atoms with Crippen molar-refractivity contribution in [3.05, 3.63) is 64.9 Å². The van der Waals surface area contributed by atoms with E-state index in [0.29, 0.717) is 23.6 Å². The number of nitrogens with zero attached hydrogens (tertiary/aromatic N) is 1. The second kappa shape index (κ2) is 10.2. The molecule has 1 heterocycles. The standard InChI is InChI=1S/C20H21ClFN3O5S/c21-17-5-2-1-4-14(17)12-23-19(26)20(27)24-13-18-25(10-3-11-30-18)31(28,29)16-8-6-15(22)7-9-16/h1-2,4-9,18H,3,10-13H2,(H,23,26)(H,24,27). The lowest BCUT2D eigenvalue weighted by Crippen LogP contribution is -2.53. The predicted molar refractivity (Wildman–Crippen MR) is 111 cm³/mol. The molecule has 0 aromatic heterocycles. The first-order chi connectivity index (χ1) is 14.8. The highest BCUT2D eigenvalue weighted by atomic mass is 35.5. The van der Waals surface area contributed by atoms with Crippen molar-refractivity contribution in [2.24, 2.45) is 0 Å². The van der Waals surface area contributed by atoms with E-state index in [-0.39, 0.29) is 24.5 Å². The van der Waals surface area contributed by atoms with E-state index in [9.17, 15) is 22.4 Å². The van der Waals surface area contributed by atoms with E-state index >= 15 is 0 Å². The SMILES string of the molecule is O=C(NCc1ccccc1Cl)C(=O)NCC1OCCCN1S(=O)(=O)c1ccc(F)cc1. The van der Waals surface area contributed by atoms with Gasteiger partial charge in [0.25, 0.3) is 0 Å². The summed E-state index contributed by atoms with van der Waals surface area (Å²) < 4.78 is 45.5. The number of ether oxygens (including phenoxy) is 1. The smallest absolute Gasteiger partial charge is 0.309 e. The third kappa shape index (κ3) is 5.79. The minimum atomic E-state index is -3.97. The Morgan fingerprint density at radius 3 is 2.48 bits per heavy atom. The minimum Gasteiger partial charge on any atom is -0.360 e. The summed E-state index contributed by atoms with van der Waals surface area (Å²) in [5.74, 6) is -2.37. The zero-order valence-electron chi connectivity index (χ0n) is 16.4. The van der Waals surface area contributed by atoms with Gasteiger partial charge in [0.1, 0.15) is 12.0 Å². The van der Waals surface area contributed by atoms with Crippen LogP contribution in [0.2, 0.25) is 5.02 Å². The Kier molecular flexibility index (Phi) is 7.60. The van der Waals surface area contributed by atoms with Crippen LogP contribution in [-0.4, -0.2) is 50.5 Å². The molecule has 1 aliphatic heterocycles. The van der Waals surface area contributed by atoms with Gasteiger partial charge in [0, 0.05) is 18.1 Å². The number of amides is 2. The van der Waals surface area contributed by atoms with E-state index < -0.39 is 33.9 Å². The Morgan fingerprint density at radius 2 is 1.77 bits per heavy atom. The summed E-state index contributed by atoms with van der Waals surface area (Å²) >= 11 is 6.02. The number of nitrogens with one attached hydrogen (secondary N) is 2. The lowest BCUT2D eigenvalue weighted by Gasteiger charge is -2.34. The summed E-state index contributed by atoms with van der Waals surface area (Å²) in [4.78, 5) is 24.1. The minimum absolute atomic E-state index is 0.0664. The van der Waals surface area contributed by atoms with Gasteiger partial charge >= 0.3 is 11.8 Å². The molecule has 1 aliphatic rings. The first-order valence-corrected chi connectivity index (χ1v) is 11.3. The highest BCUT2D eigenvalue weighted by molar-refractivity contribution is 7.89. The van der Waals surface area contributed by atoms with Gasteiger partial charge in [0.2, 0.25) is 10.0 Å². The maximum atomic E-state index is 13.1. The van der Waals surface area contributed by atoms with Crippen LogP contribution in [0.3, 0.4) is 0 Å². The molecule has 1 unspecified atom stereocenters. The molecule has 1 fully saturated rings. The number of carbonyl (C=O) groups is 2. The highest BCUT2D eigenvalue weighted by Crippen LogP contribution is 2.22. The van der Waals surface area contributed by atoms with Crippen molar-refractivity contribution in [2.45, 2.75) is 24.1 Å². The van der Waals surface area contributed by atoms with Gasteiger partial charge in [-0.05, 0) is 42.3 Å². The summed E-state index contributed by atoms with van der Waals surface area (Å²) in [5, 5.41) is 5.31. The molecule has 2 aromatic rings. The first kappa shape index (κ1) is 23.1. The van der Waals surface area contributed by atoms with E-state index in [1.54, 1.807) is 24.3 Å². The molecule has 0 spiro atoms. The van der Waals surface area contributed by atoms with Crippen molar-refractivity contribution >= 4 is 33.4 Å². The van der Waals surface area contributed by atoms with Crippen molar-refractivity contribution in [1.29, 1.82) is 0 Å². The summed E-state index contributed by atoms with van der Waals surface area (Å²) in [5.41, 5.74) is 0.650. The average molecular weight is 470 g/mol. The summed E-state index contributed by atoms with van der Waals surface area (Å²) in [7, 11) is -3.97. The lowest BCUT2D eigenvalue weighted by atomic mass is 10.2. The number of rotatable bonds is 6. The molecule has 11 heteroatoms. The number of benzene rings is 2. The van der Waals surface area contributed by atoms with Crippen molar-refractivity contribution in [3.63, 3.8) is 0 Å². The monoisotopic (exact) mass is 469 g/mol. The molecule has 0 aliphatic carbocycles. The maximum Gasteiger partial charge on any atom is 0.309 e. The molecule has 0 bridgehead atoms. The second-order valence-corrected chi connectivity index (χ2v) is 9.03. The van der Waals surface area contributed by atoms with E-state index in [0.717, 1.165) is 28.6 Å². The van der Waals surface area contributed by atoms with Gasteiger partial charge in [0.15, 0.2) is 0 Å². The van der Waals surface area contributed by atoms with Crippen LogP contribution in [0.15, 0.2) is 53.4 Å². The molecule has 1 saturated heterocycles. The molecule has 2 amide bonds. The van der Waals surface area contributed by atoms with Crippen LogP contribution < -0.4 is 10.6 Å². The van der Waals surface area contributed by atoms with Gasteiger partial charge in [0.05, 0.1) is 18.0 Å². The summed E-state index contributed by atoms with van der Waals surface area (Å²) in [6, 6.07) is 11.3. The Labute approximate surface area is 184 Å². The molecule has 2 N–H and O–H groups in total. The quantitative estimate of drug-likeness (QED) is 0.626. The normalized spacial score (nSPS) is 17.2. The number of hydrogen-bond donors (Lipinski definition) is 2. The van der Waals surface area contributed by atoms with E-state index in [1.807, 2.05) is 0 Å². The van der Waals surface area contributed by atoms with Gasteiger partial charge in [-0.1, -0.05) is 29.8 Å². The number of sulfonamides is 1. The van der Waals surface area contributed by atoms with Crippen LogP contribution in [0.1, 0.15) is 12.0 Å². The maximum absolute atomic E-state index is 13.1. The van der Waals surface area contributed by atoms with Crippen molar-refractivity contribution < 1.29 is 27.1 Å². The van der Waals surface area contributed by atoms with Gasteiger partial charge in [-0.2, -0.15) is 4.31 Å². The Hall–Kier alpha value is -2.53. The molecular weight excluding hydrogens is 449 g/mol. The number of hydrogen-bond acceptors (Lipinski definition) is 5. The molecule has 31 heavy (non-hydrogen) atoms. The second-order valence-electron chi connectivity index (χ2n) is 6.73. The fraction of sp³-hybridized carbons (Fsp3) is 0.300. The van der Waals surface area contributed by atoms with Crippen molar-refractivity contribution in [2.75, 3.05) is 19.7 Å². The molecular formula is C20H21ClFN3O5S. The highest BCUT2D eigenvalue weighted by Gasteiger charge is 2.35. The largest absolute Gasteiger partial charge is 0.360 e. The Bertz CT molecular complexity index is 1050. The van der Waals surface area contributed by atoms with Crippen LogP contribution in [0.4, 0.5) is 4.39 Å². The van der Waals surface area contributed by atoms with E-state index in [1.165, 1.54) is 0 Å². The van der Waals surface area contributed by atoms with Crippen LogP contribution in [-0.2, 0) is 30.9 Å². The predicted octanol–water partition coefficient (Wildman–Crippen LogP) is 1.65. The topological polar surface area (TPSA) is 105 Å². The van der Waals surface area contributed by atoms with Gasteiger partial charge in [-0.15, -0.1) is 0 Å². The van der Waals surface area contributed by atoms with Gasteiger partial charge < -0.3 is 15.4 Å². The Balaban J connectivity index is 1.59. The van der Waals surface area contributed by atoms with Crippen LogP contribution >= 0.6 is 11.6 Å². The molecule has 8 nitrogen and oxygen atoms in total. The molecule has 0 radical (unpaired) electrons. The summed E-state index contributed by atoms with van der Waals surface area (Å²) in [6.07, 6.45) is -0.535. The molecule has 0 saturated carbocycles. The fourth-order valence-corrected chi connectivity index (χ4v) is 4.77. The third-order valence-corrected chi connectivity index (χ3v) is 6.89. The molecule has 3 rings (SSSR count). The Morgan fingerprint density at radius 1 is 1.10 bits per heavy atom. The number of halogens is 2. The van der Waals surface area contributed by atoms with Gasteiger partial charge in [-0.25, -0.2) is 12.8 Å². The molecule has 2 aromatic carbocycles. The third-order valence-electron chi connectivity index (χ3n) is 4.62. The van der Waals surface area contributed by atoms with Crippen molar-refractivity contribution in [1.82, 2.24) is 14.9 Å². The molecule has 166 valence electrons.